The Morgan fingerprint density at radius 3 is 2.76 bits per heavy atom. The SMILES string of the molecule is COCCOCC(=O)N(C)CC(=O)Nc1cccc(F)c1. The van der Waals surface area contributed by atoms with E-state index in [1.807, 2.05) is 0 Å². The molecule has 1 rings (SSSR count). The zero-order valence-corrected chi connectivity index (χ0v) is 12.1. The number of ether oxygens (including phenoxy) is 2. The summed E-state index contributed by atoms with van der Waals surface area (Å²) in [5, 5.41) is 2.51. The number of amides is 2. The van der Waals surface area contributed by atoms with Gasteiger partial charge in [0.2, 0.25) is 11.8 Å². The number of hydrogen-bond acceptors (Lipinski definition) is 4. The van der Waals surface area contributed by atoms with Gasteiger partial charge in [0.1, 0.15) is 12.4 Å². The maximum absolute atomic E-state index is 13.0. The summed E-state index contributed by atoms with van der Waals surface area (Å²) in [4.78, 5) is 24.6. The molecule has 1 N–H and O–H groups in total. The number of halogens is 1. The molecule has 0 aliphatic carbocycles. The Morgan fingerprint density at radius 2 is 2.10 bits per heavy atom. The minimum absolute atomic E-state index is 0.118. The normalized spacial score (nSPS) is 10.2. The van der Waals surface area contributed by atoms with Crippen LogP contribution in [-0.2, 0) is 19.1 Å². The van der Waals surface area contributed by atoms with E-state index < -0.39 is 11.7 Å². The Bertz CT molecular complexity index is 482. The summed E-state index contributed by atoms with van der Waals surface area (Å²) in [6, 6.07) is 5.54. The fraction of sp³-hybridized carbons (Fsp3) is 0.429. The number of nitrogens with one attached hydrogen (secondary N) is 1. The molecule has 0 radical (unpaired) electrons. The number of carbonyl (C=O) groups excluding carboxylic acids is 2. The quantitative estimate of drug-likeness (QED) is 0.724. The molecule has 0 bridgehead atoms. The second-order valence-electron chi connectivity index (χ2n) is 4.35. The van der Waals surface area contributed by atoms with Crippen LogP contribution in [0.2, 0.25) is 0 Å². The van der Waals surface area contributed by atoms with E-state index in [4.69, 9.17) is 9.47 Å². The lowest BCUT2D eigenvalue weighted by atomic mass is 10.3. The van der Waals surface area contributed by atoms with E-state index in [1.165, 1.54) is 37.3 Å². The molecule has 0 aromatic heterocycles. The lowest BCUT2D eigenvalue weighted by Gasteiger charge is -2.16. The van der Waals surface area contributed by atoms with Crippen molar-refractivity contribution < 1.29 is 23.5 Å². The third kappa shape index (κ3) is 6.82. The average molecular weight is 298 g/mol. The first-order valence-electron chi connectivity index (χ1n) is 6.39. The van der Waals surface area contributed by atoms with Crippen molar-refractivity contribution in [3.8, 4) is 0 Å². The predicted molar refractivity (Wildman–Crippen MR) is 75.4 cm³/mol. The van der Waals surface area contributed by atoms with Crippen molar-refractivity contribution in [3.05, 3.63) is 30.1 Å². The molecule has 0 saturated heterocycles. The highest BCUT2D eigenvalue weighted by atomic mass is 19.1. The smallest absolute Gasteiger partial charge is 0.248 e. The van der Waals surface area contributed by atoms with Crippen molar-refractivity contribution in [2.75, 3.05) is 45.8 Å². The first-order valence-corrected chi connectivity index (χ1v) is 6.39. The predicted octanol–water partition coefficient (Wildman–Crippen LogP) is 0.886. The highest BCUT2D eigenvalue weighted by Gasteiger charge is 2.13. The Labute approximate surface area is 122 Å². The molecule has 6 nitrogen and oxygen atoms in total. The fourth-order valence-corrected chi connectivity index (χ4v) is 1.48. The minimum Gasteiger partial charge on any atom is -0.382 e. The molecular formula is C14H19FN2O4. The van der Waals surface area contributed by atoms with Crippen molar-refractivity contribution in [1.82, 2.24) is 4.90 Å². The molecule has 116 valence electrons. The molecule has 7 heteroatoms. The van der Waals surface area contributed by atoms with E-state index in [9.17, 15) is 14.0 Å². The largest absolute Gasteiger partial charge is 0.382 e. The van der Waals surface area contributed by atoms with Crippen molar-refractivity contribution in [2.45, 2.75) is 0 Å². The van der Waals surface area contributed by atoms with Crippen molar-refractivity contribution in [1.29, 1.82) is 0 Å². The van der Waals surface area contributed by atoms with Crippen LogP contribution in [0.5, 0.6) is 0 Å². The zero-order valence-electron chi connectivity index (χ0n) is 12.1. The third-order valence-corrected chi connectivity index (χ3v) is 2.57. The van der Waals surface area contributed by atoms with E-state index in [1.54, 1.807) is 6.07 Å². The van der Waals surface area contributed by atoms with Gasteiger partial charge in [-0.3, -0.25) is 9.59 Å². The van der Waals surface area contributed by atoms with E-state index in [-0.39, 0.29) is 19.1 Å². The van der Waals surface area contributed by atoms with Crippen LogP contribution >= 0.6 is 0 Å². The van der Waals surface area contributed by atoms with E-state index in [2.05, 4.69) is 5.32 Å². The zero-order chi connectivity index (χ0) is 15.7. The Morgan fingerprint density at radius 1 is 1.33 bits per heavy atom. The molecule has 0 saturated carbocycles. The molecule has 0 atom stereocenters. The number of rotatable bonds is 8. The highest BCUT2D eigenvalue weighted by molar-refractivity contribution is 5.94. The number of anilines is 1. The van der Waals surface area contributed by atoms with Crippen LogP contribution in [0.15, 0.2) is 24.3 Å². The monoisotopic (exact) mass is 298 g/mol. The topological polar surface area (TPSA) is 67.9 Å². The fourth-order valence-electron chi connectivity index (χ4n) is 1.48. The molecule has 0 aliphatic heterocycles. The van der Waals surface area contributed by atoms with Crippen LogP contribution < -0.4 is 5.32 Å². The lowest BCUT2D eigenvalue weighted by molar-refractivity contribution is -0.137. The number of methoxy groups -OCH3 is 1. The van der Waals surface area contributed by atoms with E-state index in [0.29, 0.717) is 18.9 Å². The van der Waals surface area contributed by atoms with E-state index >= 15 is 0 Å². The summed E-state index contributed by atoms with van der Waals surface area (Å²) in [6.45, 7) is 0.457. The van der Waals surface area contributed by atoms with Crippen molar-refractivity contribution in [3.63, 3.8) is 0 Å². The summed E-state index contributed by atoms with van der Waals surface area (Å²) < 4.78 is 22.8. The first kappa shape index (κ1) is 17.1. The lowest BCUT2D eigenvalue weighted by Crippen LogP contribution is -2.37. The van der Waals surface area contributed by atoms with Gasteiger partial charge in [0.15, 0.2) is 0 Å². The number of likely N-dealkylation sites (N-methyl/N-ethyl adjacent to an activating group) is 1. The van der Waals surface area contributed by atoms with Crippen LogP contribution in [0.1, 0.15) is 0 Å². The first-order chi connectivity index (χ1) is 10.0. The molecule has 0 unspecified atom stereocenters. The van der Waals surface area contributed by atoms with Gasteiger partial charge in [-0.25, -0.2) is 4.39 Å². The second kappa shape index (κ2) is 9.04. The maximum Gasteiger partial charge on any atom is 0.248 e. The van der Waals surface area contributed by atoms with Gasteiger partial charge in [0.05, 0.1) is 19.8 Å². The Kier molecular flexibility index (Phi) is 7.34. The molecular weight excluding hydrogens is 279 g/mol. The number of hydrogen-bond donors (Lipinski definition) is 1. The van der Waals surface area contributed by atoms with Crippen LogP contribution in [-0.4, -0.2) is 57.2 Å². The van der Waals surface area contributed by atoms with Gasteiger partial charge in [-0.2, -0.15) is 0 Å². The second-order valence-corrected chi connectivity index (χ2v) is 4.35. The maximum atomic E-state index is 13.0. The minimum atomic E-state index is -0.441. The molecule has 1 aromatic rings. The Balaban J connectivity index is 2.34. The molecule has 0 heterocycles. The van der Waals surface area contributed by atoms with Gasteiger partial charge in [-0.15, -0.1) is 0 Å². The summed E-state index contributed by atoms with van der Waals surface area (Å²) in [5.74, 6) is -1.17. The van der Waals surface area contributed by atoms with Gasteiger partial charge in [-0.1, -0.05) is 6.07 Å². The van der Waals surface area contributed by atoms with Gasteiger partial charge in [-0.05, 0) is 18.2 Å². The van der Waals surface area contributed by atoms with Gasteiger partial charge >= 0.3 is 0 Å². The molecule has 0 fully saturated rings. The van der Waals surface area contributed by atoms with Crippen molar-refractivity contribution in [2.24, 2.45) is 0 Å². The Hall–Kier alpha value is -1.99. The standard InChI is InChI=1S/C14H19FN2O4/c1-17(14(19)10-21-7-6-20-2)9-13(18)16-12-5-3-4-11(15)8-12/h3-5,8H,6-7,9-10H2,1-2H3,(H,16,18). The highest BCUT2D eigenvalue weighted by Crippen LogP contribution is 2.08. The summed E-state index contributed by atoms with van der Waals surface area (Å²) in [7, 11) is 3.03. The van der Waals surface area contributed by atoms with Crippen LogP contribution in [0, 0.1) is 5.82 Å². The van der Waals surface area contributed by atoms with E-state index in [0.717, 1.165) is 0 Å². The summed E-state index contributed by atoms with van der Waals surface area (Å²) in [6.07, 6.45) is 0. The molecule has 0 aliphatic rings. The summed E-state index contributed by atoms with van der Waals surface area (Å²) >= 11 is 0. The molecule has 1 aromatic carbocycles. The number of nitrogens with zero attached hydrogens (tertiary/aromatic N) is 1. The van der Waals surface area contributed by atoms with Gasteiger partial charge < -0.3 is 19.7 Å². The average Bonchev–Trinajstić information content (AvgIpc) is 2.43. The number of benzene rings is 1. The van der Waals surface area contributed by atoms with Crippen LogP contribution in [0.3, 0.4) is 0 Å². The van der Waals surface area contributed by atoms with Crippen LogP contribution in [0.4, 0.5) is 10.1 Å². The molecule has 0 spiro atoms. The third-order valence-electron chi connectivity index (χ3n) is 2.57. The van der Waals surface area contributed by atoms with Gasteiger partial charge in [0, 0.05) is 19.8 Å². The van der Waals surface area contributed by atoms with Crippen LogP contribution in [0.25, 0.3) is 0 Å². The summed E-state index contributed by atoms with van der Waals surface area (Å²) in [5.41, 5.74) is 0.345. The number of carbonyl (C=O) groups is 2. The van der Waals surface area contributed by atoms with Crippen molar-refractivity contribution >= 4 is 17.5 Å². The molecule has 21 heavy (non-hydrogen) atoms. The van der Waals surface area contributed by atoms with Gasteiger partial charge in [0.25, 0.3) is 0 Å². The molecule has 2 amide bonds.